The van der Waals surface area contributed by atoms with E-state index >= 15 is 0 Å². The van der Waals surface area contributed by atoms with Crippen LogP contribution in [0.2, 0.25) is 0 Å². The lowest BCUT2D eigenvalue weighted by Crippen LogP contribution is -2.32. The van der Waals surface area contributed by atoms with Gasteiger partial charge >= 0.3 is 0 Å². The number of anilines is 2. The quantitative estimate of drug-likeness (QED) is 0.834. The number of ether oxygens (including phenoxy) is 1. The van der Waals surface area contributed by atoms with Gasteiger partial charge in [-0.25, -0.2) is 4.98 Å². The van der Waals surface area contributed by atoms with E-state index in [0.717, 1.165) is 26.6 Å². The molecule has 5 heteroatoms. The molecule has 0 atom stereocenters. The van der Waals surface area contributed by atoms with Gasteiger partial charge in [-0.1, -0.05) is 0 Å². The highest BCUT2D eigenvalue weighted by Crippen LogP contribution is 2.30. The summed E-state index contributed by atoms with van der Waals surface area (Å²) in [5.74, 6) is 0. The van der Waals surface area contributed by atoms with Crippen LogP contribution in [0.25, 0.3) is 10.2 Å². The molecule has 0 radical (unpaired) electrons. The molecule has 3 N–H and O–H groups in total. The number of nitrogens with zero attached hydrogens (tertiary/aromatic N) is 1. The van der Waals surface area contributed by atoms with Gasteiger partial charge in [0, 0.05) is 13.7 Å². The van der Waals surface area contributed by atoms with Gasteiger partial charge in [-0.15, -0.1) is 11.3 Å². The Kier molecular flexibility index (Phi) is 3.45. The second-order valence-electron chi connectivity index (χ2n) is 4.96. The number of aryl methyl sites for hydroxylation is 1. The van der Waals surface area contributed by atoms with E-state index in [2.05, 4.69) is 10.3 Å². The largest absolute Gasteiger partial charge is 0.397 e. The second-order valence-corrected chi connectivity index (χ2v) is 6.19. The minimum atomic E-state index is -0.223. The number of nitrogens with one attached hydrogen (secondary N) is 1. The highest BCUT2D eigenvalue weighted by molar-refractivity contribution is 7.18. The Labute approximate surface area is 111 Å². The molecule has 0 amide bonds. The summed E-state index contributed by atoms with van der Waals surface area (Å²) in [6, 6.07) is 3.97. The van der Waals surface area contributed by atoms with Gasteiger partial charge in [0.2, 0.25) is 0 Å². The topological polar surface area (TPSA) is 60.2 Å². The van der Waals surface area contributed by atoms with Gasteiger partial charge in [0.25, 0.3) is 0 Å². The standard InChI is InChI=1S/C13H19N3OS/c1-8-16-11-6-10(9(14)5-12(11)18-8)15-7-13(2,3)17-4/h5-6,15H,7,14H2,1-4H3. The molecule has 0 saturated carbocycles. The van der Waals surface area contributed by atoms with Gasteiger partial charge in [-0.2, -0.15) is 0 Å². The Balaban J connectivity index is 2.25. The molecule has 0 aliphatic heterocycles. The van der Waals surface area contributed by atoms with Crippen LogP contribution < -0.4 is 11.1 Å². The average Bonchev–Trinajstić information content (AvgIpc) is 2.65. The monoisotopic (exact) mass is 265 g/mol. The molecule has 0 bridgehead atoms. The summed E-state index contributed by atoms with van der Waals surface area (Å²) in [5, 5.41) is 4.37. The molecular formula is C13H19N3OS. The molecule has 1 aromatic heterocycles. The number of benzene rings is 1. The van der Waals surface area contributed by atoms with Crippen molar-refractivity contribution in [2.24, 2.45) is 0 Å². The number of methoxy groups -OCH3 is 1. The summed E-state index contributed by atoms with van der Waals surface area (Å²) in [6.45, 7) is 6.76. The number of thiazole rings is 1. The fraction of sp³-hybridized carbons (Fsp3) is 0.462. The van der Waals surface area contributed by atoms with Crippen LogP contribution in [0.5, 0.6) is 0 Å². The van der Waals surface area contributed by atoms with Crippen LogP contribution in [0, 0.1) is 6.92 Å². The van der Waals surface area contributed by atoms with E-state index < -0.39 is 0 Å². The van der Waals surface area contributed by atoms with Crippen LogP contribution >= 0.6 is 11.3 Å². The molecule has 18 heavy (non-hydrogen) atoms. The number of nitrogen functional groups attached to an aromatic ring is 1. The predicted octanol–water partition coefficient (Wildman–Crippen LogP) is 3.02. The Morgan fingerprint density at radius 3 is 2.83 bits per heavy atom. The van der Waals surface area contributed by atoms with Crippen molar-refractivity contribution >= 4 is 32.9 Å². The fourth-order valence-electron chi connectivity index (χ4n) is 1.64. The van der Waals surface area contributed by atoms with Crippen LogP contribution in [0.3, 0.4) is 0 Å². The van der Waals surface area contributed by atoms with Gasteiger partial charge in [-0.3, -0.25) is 0 Å². The third-order valence-corrected chi connectivity index (χ3v) is 3.86. The summed E-state index contributed by atoms with van der Waals surface area (Å²) in [7, 11) is 1.71. The van der Waals surface area contributed by atoms with Gasteiger partial charge in [-0.05, 0) is 32.9 Å². The molecule has 2 aromatic rings. The summed E-state index contributed by atoms with van der Waals surface area (Å²) >= 11 is 1.66. The number of nitrogens with two attached hydrogens (primary N) is 1. The summed E-state index contributed by atoms with van der Waals surface area (Å²) in [4.78, 5) is 4.47. The average molecular weight is 265 g/mol. The van der Waals surface area contributed by atoms with E-state index in [0.29, 0.717) is 6.54 Å². The molecule has 0 saturated heterocycles. The highest BCUT2D eigenvalue weighted by Gasteiger charge is 2.16. The van der Waals surface area contributed by atoms with Crippen LogP contribution in [0.4, 0.5) is 11.4 Å². The maximum Gasteiger partial charge on any atom is 0.0907 e. The molecule has 1 aromatic carbocycles. The lowest BCUT2D eigenvalue weighted by Gasteiger charge is -2.24. The number of fused-ring (bicyclic) bond motifs is 1. The van der Waals surface area contributed by atoms with Crippen molar-refractivity contribution < 1.29 is 4.74 Å². The number of hydrogen-bond acceptors (Lipinski definition) is 5. The molecule has 98 valence electrons. The zero-order chi connectivity index (χ0) is 13.3. The molecule has 2 rings (SSSR count). The van der Waals surface area contributed by atoms with Crippen molar-refractivity contribution in [1.29, 1.82) is 0 Å². The minimum Gasteiger partial charge on any atom is -0.397 e. The van der Waals surface area contributed by atoms with Crippen molar-refractivity contribution in [3.8, 4) is 0 Å². The lowest BCUT2D eigenvalue weighted by molar-refractivity contribution is 0.0344. The Hall–Kier alpha value is -1.33. The maximum atomic E-state index is 6.04. The first-order chi connectivity index (χ1) is 8.41. The highest BCUT2D eigenvalue weighted by atomic mass is 32.1. The van der Waals surface area contributed by atoms with Crippen LogP contribution in [-0.4, -0.2) is 24.2 Å². The SMILES string of the molecule is COC(C)(C)CNc1cc2nc(C)sc2cc1N. The van der Waals surface area contributed by atoms with Crippen LogP contribution in [0.15, 0.2) is 12.1 Å². The summed E-state index contributed by atoms with van der Waals surface area (Å²) in [5.41, 5.74) is 8.47. The first-order valence-electron chi connectivity index (χ1n) is 5.87. The van der Waals surface area contributed by atoms with Crippen molar-refractivity contribution in [3.05, 3.63) is 17.1 Å². The van der Waals surface area contributed by atoms with E-state index in [-0.39, 0.29) is 5.60 Å². The molecule has 4 nitrogen and oxygen atoms in total. The van der Waals surface area contributed by atoms with E-state index in [1.807, 2.05) is 32.9 Å². The Morgan fingerprint density at radius 2 is 2.17 bits per heavy atom. The smallest absolute Gasteiger partial charge is 0.0907 e. The molecule has 0 aliphatic carbocycles. The molecule has 1 heterocycles. The molecule has 0 fully saturated rings. The first kappa shape index (κ1) is 13.1. The molecular weight excluding hydrogens is 246 g/mol. The number of aromatic nitrogens is 1. The van der Waals surface area contributed by atoms with Crippen molar-refractivity contribution in [3.63, 3.8) is 0 Å². The van der Waals surface area contributed by atoms with E-state index in [4.69, 9.17) is 10.5 Å². The van der Waals surface area contributed by atoms with E-state index in [9.17, 15) is 0 Å². The predicted molar refractivity (Wildman–Crippen MR) is 78.3 cm³/mol. The fourth-order valence-corrected chi connectivity index (χ4v) is 2.50. The van der Waals surface area contributed by atoms with E-state index in [1.54, 1.807) is 18.4 Å². The number of hydrogen-bond donors (Lipinski definition) is 2. The van der Waals surface area contributed by atoms with Crippen molar-refractivity contribution in [2.45, 2.75) is 26.4 Å². The zero-order valence-electron chi connectivity index (χ0n) is 11.2. The third-order valence-electron chi connectivity index (χ3n) is 2.92. The molecule has 0 unspecified atom stereocenters. The third kappa shape index (κ3) is 2.73. The molecule has 0 aliphatic rings. The maximum absolute atomic E-state index is 6.04. The van der Waals surface area contributed by atoms with Gasteiger partial charge in [0.05, 0.1) is 32.2 Å². The first-order valence-corrected chi connectivity index (χ1v) is 6.68. The zero-order valence-corrected chi connectivity index (χ0v) is 12.0. The van der Waals surface area contributed by atoms with Crippen molar-refractivity contribution in [2.75, 3.05) is 24.7 Å². The number of rotatable bonds is 4. The molecule has 0 spiro atoms. The summed E-state index contributed by atoms with van der Waals surface area (Å²) < 4.78 is 6.50. The minimum absolute atomic E-state index is 0.223. The normalized spacial score (nSPS) is 12.0. The van der Waals surface area contributed by atoms with Crippen LogP contribution in [-0.2, 0) is 4.74 Å². The van der Waals surface area contributed by atoms with Gasteiger partial charge < -0.3 is 15.8 Å². The van der Waals surface area contributed by atoms with Gasteiger partial charge in [0.15, 0.2) is 0 Å². The van der Waals surface area contributed by atoms with Crippen molar-refractivity contribution in [1.82, 2.24) is 4.98 Å². The lowest BCUT2D eigenvalue weighted by atomic mass is 10.1. The van der Waals surface area contributed by atoms with Gasteiger partial charge in [0.1, 0.15) is 0 Å². The summed E-state index contributed by atoms with van der Waals surface area (Å²) in [6.07, 6.45) is 0. The Bertz CT molecular complexity index is 563. The Morgan fingerprint density at radius 1 is 1.44 bits per heavy atom. The van der Waals surface area contributed by atoms with E-state index in [1.165, 1.54) is 0 Å². The van der Waals surface area contributed by atoms with Crippen LogP contribution in [0.1, 0.15) is 18.9 Å². The second kappa shape index (κ2) is 4.74.